The van der Waals surface area contributed by atoms with Crippen molar-refractivity contribution in [3.05, 3.63) is 87.3 Å². The van der Waals surface area contributed by atoms with E-state index >= 15 is 0 Å². The van der Waals surface area contributed by atoms with Crippen molar-refractivity contribution in [3.63, 3.8) is 0 Å². The predicted molar refractivity (Wildman–Crippen MR) is 130 cm³/mol. The molecule has 0 radical (unpaired) electrons. The quantitative estimate of drug-likeness (QED) is 0.312. The molecule has 1 amide bonds. The Labute approximate surface area is 198 Å². The minimum atomic E-state index is -0.353. The van der Waals surface area contributed by atoms with Crippen LogP contribution in [0.3, 0.4) is 0 Å². The summed E-state index contributed by atoms with van der Waals surface area (Å²) in [4.78, 5) is 16.9. The monoisotopic (exact) mass is 479 g/mol. The van der Waals surface area contributed by atoms with Gasteiger partial charge in [0.25, 0.3) is 5.91 Å². The highest BCUT2D eigenvalue weighted by Gasteiger charge is 2.11. The van der Waals surface area contributed by atoms with Crippen molar-refractivity contribution < 1.29 is 9.53 Å². The highest BCUT2D eigenvalue weighted by Crippen LogP contribution is 2.30. The highest BCUT2D eigenvalue weighted by molar-refractivity contribution is 7.19. The van der Waals surface area contributed by atoms with Gasteiger partial charge in [-0.3, -0.25) is 4.79 Å². The number of anilines is 1. The zero-order chi connectivity index (χ0) is 22.5. The number of ether oxygens (including phenoxy) is 1. The normalized spacial score (nSPS) is 11.2. The number of fused-ring (bicyclic) bond motifs is 1. The zero-order valence-corrected chi connectivity index (χ0v) is 18.8. The number of allylic oxidation sites excluding steroid dienone is 1. The Bertz CT molecular complexity index is 1340. The maximum atomic E-state index is 12.3. The first kappa shape index (κ1) is 21.8. The highest BCUT2D eigenvalue weighted by atomic mass is 35.5. The van der Waals surface area contributed by atoms with Gasteiger partial charge in [0, 0.05) is 11.3 Å². The second-order valence-electron chi connectivity index (χ2n) is 6.66. The minimum Gasteiger partial charge on any atom is -0.483 e. The summed E-state index contributed by atoms with van der Waals surface area (Å²) < 4.78 is 6.73. The van der Waals surface area contributed by atoms with Gasteiger partial charge in [0.2, 0.25) is 0 Å². The molecule has 5 nitrogen and oxygen atoms in total. The maximum absolute atomic E-state index is 12.3. The summed E-state index contributed by atoms with van der Waals surface area (Å²) in [7, 11) is 0. The number of hydrogen-bond donors (Lipinski definition) is 1. The van der Waals surface area contributed by atoms with Crippen molar-refractivity contribution in [2.45, 2.75) is 0 Å². The molecule has 8 heteroatoms. The number of amides is 1. The van der Waals surface area contributed by atoms with Crippen molar-refractivity contribution >= 4 is 68.0 Å². The van der Waals surface area contributed by atoms with Gasteiger partial charge in [0.15, 0.2) is 6.61 Å². The van der Waals surface area contributed by atoms with Crippen LogP contribution in [0.25, 0.3) is 21.9 Å². The second-order valence-corrected chi connectivity index (χ2v) is 8.51. The van der Waals surface area contributed by atoms with Gasteiger partial charge in [-0.25, -0.2) is 4.98 Å². The third-order valence-corrected chi connectivity index (χ3v) is 6.23. The lowest BCUT2D eigenvalue weighted by atomic mass is 10.1. The van der Waals surface area contributed by atoms with E-state index in [-0.39, 0.29) is 12.5 Å². The van der Waals surface area contributed by atoms with Crippen molar-refractivity contribution in [3.8, 4) is 11.8 Å². The molecule has 0 spiro atoms. The largest absolute Gasteiger partial charge is 0.483 e. The van der Waals surface area contributed by atoms with Gasteiger partial charge in [-0.15, -0.1) is 11.3 Å². The number of benzene rings is 3. The molecule has 0 aliphatic carbocycles. The molecule has 4 aromatic rings. The number of thiazole rings is 1. The van der Waals surface area contributed by atoms with Crippen LogP contribution in [0, 0.1) is 11.3 Å². The molecule has 4 rings (SSSR count). The standard InChI is InChI=1S/C24H15Cl2N3O2S/c25-18-10-9-17(12-19(18)26)28-23(30)14-31-21-7-3-1-5-15(21)11-16(13-27)24-29-20-6-2-4-8-22(20)32-24/h1-12H,14H2,(H,28,30)/b16-11+. The zero-order valence-electron chi connectivity index (χ0n) is 16.5. The summed E-state index contributed by atoms with van der Waals surface area (Å²) in [6.45, 7) is -0.214. The van der Waals surface area contributed by atoms with E-state index in [0.717, 1.165) is 10.2 Å². The number of hydrogen-bond acceptors (Lipinski definition) is 5. The Hall–Kier alpha value is -3.37. The Kier molecular flexibility index (Phi) is 6.72. The lowest BCUT2D eigenvalue weighted by Crippen LogP contribution is -2.20. The van der Waals surface area contributed by atoms with Crippen LogP contribution >= 0.6 is 34.5 Å². The molecule has 1 N–H and O–H groups in total. The Morgan fingerprint density at radius 3 is 2.66 bits per heavy atom. The van der Waals surface area contributed by atoms with E-state index in [4.69, 9.17) is 27.9 Å². The van der Waals surface area contributed by atoms with Crippen LogP contribution in [0.2, 0.25) is 10.0 Å². The fourth-order valence-electron chi connectivity index (χ4n) is 2.93. The van der Waals surface area contributed by atoms with Gasteiger partial charge in [-0.05, 0) is 42.5 Å². The van der Waals surface area contributed by atoms with Crippen LogP contribution in [0.1, 0.15) is 10.6 Å². The van der Waals surface area contributed by atoms with Crippen LogP contribution < -0.4 is 10.1 Å². The minimum absolute atomic E-state index is 0.214. The summed E-state index contributed by atoms with van der Waals surface area (Å²) in [5.41, 5.74) is 2.45. The summed E-state index contributed by atoms with van der Waals surface area (Å²) >= 11 is 13.3. The van der Waals surface area contributed by atoms with Crippen LogP contribution in [-0.4, -0.2) is 17.5 Å². The van der Waals surface area contributed by atoms with E-state index in [9.17, 15) is 10.1 Å². The molecule has 158 valence electrons. The first-order valence-corrected chi connectivity index (χ1v) is 11.1. The Balaban J connectivity index is 1.51. The lowest BCUT2D eigenvalue weighted by molar-refractivity contribution is -0.118. The van der Waals surface area contributed by atoms with Gasteiger partial charge < -0.3 is 10.1 Å². The SMILES string of the molecule is N#C/C(=C\c1ccccc1OCC(=O)Nc1ccc(Cl)c(Cl)c1)c1nc2ccccc2s1. The molecule has 0 saturated heterocycles. The molecular weight excluding hydrogens is 465 g/mol. The van der Waals surface area contributed by atoms with Gasteiger partial charge in [-0.2, -0.15) is 5.26 Å². The van der Waals surface area contributed by atoms with Crippen molar-refractivity contribution in [2.75, 3.05) is 11.9 Å². The number of nitriles is 1. The van der Waals surface area contributed by atoms with E-state index in [0.29, 0.717) is 37.6 Å². The van der Waals surface area contributed by atoms with E-state index in [1.165, 1.54) is 11.3 Å². The Morgan fingerprint density at radius 1 is 1.09 bits per heavy atom. The molecule has 0 aliphatic heterocycles. The molecule has 1 heterocycles. The molecule has 1 aromatic heterocycles. The molecule has 0 atom stereocenters. The van der Waals surface area contributed by atoms with Gasteiger partial charge in [-0.1, -0.05) is 53.5 Å². The van der Waals surface area contributed by atoms with Crippen molar-refractivity contribution in [1.29, 1.82) is 5.26 Å². The fraction of sp³-hybridized carbons (Fsp3) is 0.0417. The number of carbonyl (C=O) groups is 1. The first-order chi connectivity index (χ1) is 15.5. The lowest BCUT2D eigenvalue weighted by Gasteiger charge is -2.10. The number of para-hydroxylation sites is 2. The smallest absolute Gasteiger partial charge is 0.262 e. The van der Waals surface area contributed by atoms with Gasteiger partial charge >= 0.3 is 0 Å². The Morgan fingerprint density at radius 2 is 1.88 bits per heavy atom. The topological polar surface area (TPSA) is 75.0 Å². The summed E-state index contributed by atoms with van der Waals surface area (Å²) in [6.07, 6.45) is 1.71. The number of halogens is 2. The second kappa shape index (κ2) is 9.84. The summed E-state index contributed by atoms with van der Waals surface area (Å²) in [5, 5.41) is 13.8. The number of aromatic nitrogens is 1. The average Bonchev–Trinajstić information content (AvgIpc) is 3.23. The van der Waals surface area contributed by atoms with Crippen LogP contribution in [0.15, 0.2) is 66.7 Å². The van der Waals surface area contributed by atoms with E-state index < -0.39 is 0 Å². The van der Waals surface area contributed by atoms with Crippen LogP contribution in [0.5, 0.6) is 5.75 Å². The molecule has 3 aromatic carbocycles. The van der Waals surface area contributed by atoms with Crippen LogP contribution in [0.4, 0.5) is 5.69 Å². The van der Waals surface area contributed by atoms with Crippen molar-refractivity contribution in [2.24, 2.45) is 0 Å². The molecule has 0 aliphatic rings. The average molecular weight is 480 g/mol. The maximum Gasteiger partial charge on any atom is 0.262 e. The predicted octanol–water partition coefficient (Wildman–Crippen LogP) is 6.68. The van der Waals surface area contributed by atoms with Gasteiger partial charge in [0.05, 0.1) is 25.8 Å². The van der Waals surface area contributed by atoms with Crippen LogP contribution in [-0.2, 0) is 4.79 Å². The van der Waals surface area contributed by atoms with Crippen molar-refractivity contribution in [1.82, 2.24) is 4.98 Å². The third kappa shape index (κ3) is 5.09. The van der Waals surface area contributed by atoms with E-state index in [1.807, 2.05) is 36.4 Å². The molecular formula is C24H15Cl2N3O2S. The molecule has 32 heavy (non-hydrogen) atoms. The number of nitrogens with one attached hydrogen (secondary N) is 1. The summed E-state index contributed by atoms with van der Waals surface area (Å²) in [5.74, 6) is 0.125. The molecule has 0 fully saturated rings. The van der Waals surface area contributed by atoms with E-state index in [2.05, 4.69) is 16.4 Å². The van der Waals surface area contributed by atoms with E-state index in [1.54, 1.807) is 36.4 Å². The number of nitrogens with zero attached hydrogens (tertiary/aromatic N) is 2. The first-order valence-electron chi connectivity index (χ1n) is 9.48. The number of carbonyl (C=O) groups excluding carboxylic acids is 1. The molecule has 0 unspecified atom stereocenters. The fourth-order valence-corrected chi connectivity index (χ4v) is 4.16. The molecule has 0 saturated carbocycles. The third-order valence-electron chi connectivity index (χ3n) is 4.43. The summed E-state index contributed by atoms with van der Waals surface area (Å²) in [6, 6.07) is 22.0. The van der Waals surface area contributed by atoms with Gasteiger partial charge in [0.1, 0.15) is 16.8 Å². The molecule has 0 bridgehead atoms. The number of rotatable bonds is 6.